The minimum absolute atomic E-state index is 0.141. The van der Waals surface area contributed by atoms with Crippen LogP contribution in [0.2, 0.25) is 0 Å². The Kier molecular flexibility index (Phi) is 6.69. The fraction of sp³-hybridized carbons (Fsp3) is 0.857. The molecule has 1 fully saturated rings. The van der Waals surface area contributed by atoms with E-state index in [4.69, 9.17) is 0 Å². The Bertz CT molecular complexity index is 312. The van der Waals surface area contributed by atoms with Gasteiger partial charge in [-0.25, -0.2) is 4.79 Å². The van der Waals surface area contributed by atoms with Crippen molar-refractivity contribution in [1.29, 1.82) is 0 Å². The van der Waals surface area contributed by atoms with Crippen LogP contribution in [0.25, 0.3) is 0 Å². The maximum Gasteiger partial charge on any atom is 0.329 e. The Hall–Kier alpha value is -0.710. The number of aliphatic carboxylic acids is 1. The number of hydrogen-bond acceptors (Lipinski definition) is 3. The third kappa shape index (κ3) is 5.43. The number of thioether (sulfide) groups is 1. The van der Waals surface area contributed by atoms with Crippen LogP contribution in [0.5, 0.6) is 0 Å². The molecule has 19 heavy (non-hydrogen) atoms. The molecule has 1 aliphatic rings. The summed E-state index contributed by atoms with van der Waals surface area (Å²) in [6.07, 6.45) is 5.03. The molecule has 0 atom stereocenters. The van der Waals surface area contributed by atoms with Gasteiger partial charge in [0.05, 0.1) is 5.75 Å². The first-order valence-corrected chi connectivity index (χ1v) is 8.24. The van der Waals surface area contributed by atoms with Crippen molar-refractivity contribution in [3.05, 3.63) is 0 Å². The molecular weight excluding hydrogens is 262 g/mol. The zero-order chi connectivity index (χ0) is 14.3. The van der Waals surface area contributed by atoms with Gasteiger partial charge >= 0.3 is 5.97 Å². The molecule has 2 N–H and O–H groups in total. The third-order valence-electron chi connectivity index (χ3n) is 3.57. The molecule has 0 aromatic rings. The number of amides is 1. The molecule has 0 aromatic heterocycles. The van der Waals surface area contributed by atoms with Gasteiger partial charge in [-0.3, -0.25) is 4.79 Å². The molecule has 110 valence electrons. The van der Waals surface area contributed by atoms with Gasteiger partial charge in [0.1, 0.15) is 5.54 Å². The number of rotatable bonds is 7. The summed E-state index contributed by atoms with van der Waals surface area (Å²) in [5, 5.41) is 12.1. The molecule has 0 bridgehead atoms. The van der Waals surface area contributed by atoms with Gasteiger partial charge < -0.3 is 10.4 Å². The number of carbonyl (C=O) groups is 2. The summed E-state index contributed by atoms with van der Waals surface area (Å²) >= 11 is 1.58. The Balaban J connectivity index is 2.37. The van der Waals surface area contributed by atoms with Gasteiger partial charge in [0.15, 0.2) is 0 Å². The third-order valence-corrected chi connectivity index (χ3v) is 4.56. The van der Waals surface area contributed by atoms with Crippen LogP contribution in [0.15, 0.2) is 0 Å². The molecule has 1 amide bonds. The number of hydrogen-bond donors (Lipinski definition) is 2. The van der Waals surface area contributed by atoms with E-state index in [1.54, 1.807) is 11.8 Å². The summed E-state index contributed by atoms with van der Waals surface area (Å²) in [6.45, 7) is 4.31. The second-order valence-electron chi connectivity index (χ2n) is 5.73. The van der Waals surface area contributed by atoms with E-state index in [1.807, 2.05) is 0 Å². The first-order chi connectivity index (χ1) is 8.96. The highest BCUT2D eigenvalue weighted by Gasteiger charge is 2.40. The van der Waals surface area contributed by atoms with E-state index in [0.717, 1.165) is 31.4 Å². The van der Waals surface area contributed by atoms with E-state index in [9.17, 15) is 14.7 Å². The fourth-order valence-corrected chi connectivity index (χ4v) is 3.37. The van der Waals surface area contributed by atoms with Crippen LogP contribution < -0.4 is 5.32 Å². The fourth-order valence-electron chi connectivity index (χ4n) is 2.33. The van der Waals surface area contributed by atoms with Crippen molar-refractivity contribution in [3.8, 4) is 0 Å². The van der Waals surface area contributed by atoms with Gasteiger partial charge in [0.2, 0.25) is 5.91 Å². The quantitative estimate of drug-likeness (QED) is 0.707. The molecule has 4 nitrogen and oxygen atoms in total. The van der Waals surface area contributed by atoms with Crippen molar-refractivity contribution < 1.29 is 14.7 Å². The maximum atomic E-state index is 11.9. The maximum absolute atomic E-state index is 11.9. The van der Waals surface area contributed by atoms with Crippen LogP contribution >= 0.6 is 11.8 Å². The lowest BCUT2D eigenvalue weighted by Gasteiger charge is -2.33. The largest absolute Gasteiger partial charge is 0.480 e. The molecule has 5 heteroatoms. The predicted octanol–water partition coefficient (Wildman–Crippen LogP) is 2.67. The molecule has 0 spiro atoms. The molecular formula is C14H25NO3S. The van der Waals surface area contributed by atoms with Crippen molar-refractivity contribution in [2.45, 2.75) is 57.9 Å². The number of carbonyl (C=O) groups excluding carboxylic acids is 1. The van der Waals surface area contributed by atoms with Crippen molar-refractivity contribution in [2.24, 2.45) is 5.92 Å². The SMILES string of the molecule is CC(C)CCSCC(=O)NC1(C(=O)O)CCCCC1. The average Bonchev–Trinajstić information content (AvgIpc) is 2.35. The first-order valence-electron chi connectivity index (χ1n) is 7.08. The van der Waals surface area contributed by atoms with Crippen LogP contribution in [0.1, 0.15) is 52.4 Å². The van der Waals surface area contributed by atoms with Crippen LogP contribution in [0, 0.1) is 5.92 Å². The average molecular weight is 287 g/mol. The van der Waals surface area contributed by atoms with Crippen LogP contribution in [0.3, 0.4) is 0 Å². The molecule has 0 radical (unpaired) electrons. The summed E-state index contributed by atoms with van der Waals surface area (Å²) < 4.78 is 0. The minimum atomic E-state index is -1.01. The standard InChI is InChI=1S/C14H25NO3S/c1-11(2)6-9-19-10-12(16)15-14(13(17)18)7-4-3-5-8-14/h11H,3-10H2,1-2H3,(H,15,16)(H,17,18). The summed E-state index contributed by atoms with van der Waals surface area (Å²) in [5.41, 5.74) is -1.01. The van der Waals surface area contributed by atoms with E-state index in [-0.39, 0.29) is 5.91 Å². The van der Waals surface area contributed by atoms with Gasteiger partial charge in [0, 0.05) is 0 Å². The molecule has 0 unspecified atom stereocenters. The Morgan fingerprint density at radius 3 is 2.42 bits per heavy atom. The van der Waals surface area contributed by atoms with E-state index in [0.29, 0.717) is 24.5 Å². The lowest BCUT2D eigenvalue weighted by atomic mass is 9.81. The summed E-state index contributed by atoms with van der Waals surface area (Å²) in [6, 6.07) is 0. The minimum Gasteiger partial charge on any atom is -0.480 e. The van der Waals surface area contributed by atoms with Crippen LogP contribution in [0.4, 0.5) is 0 Å². The van der Waals surface area contributed by atoms with E-state index < -0.39 is 11.5 Å². The van der Waals surface area contributed by atoms with Gasteiger partial charge in [-0.05, 0) is 30.9 Å². The van der Waals surface area contributed by atoms with Crippen molar-refractivity contribution in [3.63, 3.8) is 0 Å². The summed E-state index contributed by atoms with van der Waals surface area (Å²) in [7, 11) is 0. The zero-order valence-corrected chi connectivity index (χ0v) is 12.7. The molecule has 0 saturated heterocycles. The predicted molar refractivity (Wildman–Crippen MR) is 78.4 cm³/mol. The summed E-state index contributed by atoms with van der Waals surface area (Å²) in [5.74, 6) is 0.928. The normalized spacial score (nSPS) is 18.3. The Morgan fingerprint density at radius 2 is 1.89 bits per heavy atom. The van der Waals surface area contributed by atoms with Crippen molar-refractivity contribution >= 4 is 23.6 Å². The van der Waals surface area contributed by atoms with Crippen molar-refractivity contribution in [2.75, 3.05) is 11.5 Å². The lowest BCUT2D eigenvalue weighted by Crippen LogP contribution is -2.56. The van der Waals surface area contributed by atoms with Gasteiger partial charge in [0.25, 0.3) is 0 Å². The Morgan fingerprint density at radius 1 is 1.26 bits per heavy atom. The van der Waals surface area contributed by atoms with Crippen molar-refractivity contribution in [1.82, 2.24) is 5.32 Å². The van der Waals surface area contributed by atoms with Gasteiger partial charge in [-0.15, -0.1) is 0 Å². The van der Waals surface area contributed by atoms with Gasteiger partial charge in [-0.2, -0.15) is 11.8 Å². The van der Waals surface area contributed by atoms with E-state index in [1.165, 1.54) is 0 Å². The number of carboxylic acids is 1. The smallest absolute Gasteiger partial charge is 0.329 e. The van der Waals surface area contributed by atoms with E-state index >= 15 is 0 Å². The monoisotopic (exact) mass is 287 g/mol. The molecule has 1 aliphatic carbocycles. The molecule has 0 aromatic carbocycles. The second-order valence-corrected chi connectivity index (χ2v) is 6.84. The lowest BCUT2D eigenvalue weighted by molar-refractivity contribution is -0.148. The van der Waals surface area contributed by atoms with Crippen LogP contribution in [-0.2, 0) is 9.59 Å². The highest BCUT2D eigenvalue weighted by Crippen LogP contribution is 2.28. The molecule has 1 rings (SSSR count). The zero-order valence-electron chi connectivity index (χ0n) is 11.9. The number of nitrogens with one attached hydrogen (secondary N) is 1. The van der Waals surface area contributed by atoms with E-state index in [2.05, 4.69) is 19.2 Å². The molecule has 0 heterocycles. The second kappa shape index (κ2) is 7.78. The highest BCUT2D eigenvalue weighted by molar-refractivity contribution is 7.99. The molecule has 1 saturated carbocycles. The first kappa shape index (κ1) is 16.3. The summed E-state index contributed by atoms with van der Waals surface area (Å²) in [4.78, 5) is 23.3. The highest BCUT2D eigenvalue weighted by atomic mass is 32.2. The topological polar surface area (TPSA) is 66.4 Å². The Labute approximate surface area is 119 Å². The van der Waals surface area contributed by atoms with Gasteiger partial charge in [-0.1, -0.05) is 33.1 Å². The van der Waals surface area contributed by atoms with Crippen LogP contribution in [-0.4, -0.2) is 34.0 Å². The molecule has 0 aliphatic heterocycles. The number of carboxylic acid groups (broad SMARTS) is 1.